The second-order valence-corrected chi connectivity index (χ2v) is 9.28. The SMILES string of the molecule is CS(=O)(=O)Cc1cccc(C(=O)OCC(=O)Nc2ccc(N3CCCC3)cc2)c1. The number of nitrogens with zero attached hydrogens (tertiary/aromatic N) is 1. The molecule has 154 valence electrons. The first kappa shape index (κ1) is 20.9. The zero-order valence-corrected chi connectivity index (χ0v) is 17.1. The van der Waals surface area contributed by atoms with Gasteiger partial charge in [-0.3, -0.25) is 4.79 Å². The van der Waals surface area contributed by atoms with Crippen molar-refractivity contribution in [3.05, 3.63) is 59.7 Å². The minimum absolute atomic E-state index is 0.165. The van der Waals surface area contributed by atoms with Crippen molar-refractivity contribution in [1.82, 2.24) is 0 Å². The van der Waals surface area contributed by atoms with E-state index in [1.165, 1.54) is 25.0 Å². The van der Waals surface area contributed by atoms with Gasteiger partial charge in [-0.15, -0.1) is 0 Å². The first-order chi connectivity index (χ1) is 13.8. The lowest BCUT2D eigenvalue weighted by Gasteiger charge is -2.17. The smallest absolute Gasteiger partial charge is 0.338 e. The van der Waals surface area contributed by atoms with Gasteiger partial charge in [-0.05, 0) is 54.8 Å². The van der Waals surface area contributed by atoms with E-state index in [0.29, 0.717) is 11.3 Å². The van der Waals surface area contributed by atoms with Crippen LogP contribution in [0, 0.1) is 0 Å². The molecule has 0 unspecified atom stereocenters. The Kier molecular flexibility index (Phi) is 6.53. The molecule has 1 fully saturated rings. The number of nitrogens with one attached hydrogen (secondary N) is 1. The summed E-state index contributed by atoms with van der Waals surface area (Å²) in [5, 5.41) is 2.70. The van der Waals surface area contributed by atoms with Crippen molar-refractivity contribution in [3.63, 3.8) is 0 Å². The second kappa shape index (κ2) is 9.09. The van der Waals surface area contributed by atoms with Gasteiger partial charge in [0.15, 0.2) is 16.4 Å². The molecule has 1 aliphatic heterocycles. The van der Waals surface area contributed by atoms with Crippen molar-refractivity contribution in [3.8, 4) is 0 Å². The first-order valence-corrected chi connectivity index (χ1v) is 11.4. The van der Waals surface area contributed by atoms with Gasteiger partial charge >= 0.3 is 5.97 Å². The van der Waals surface area contributed by atoms with Gasteiger partial charge in [0.25, 0.3) is 5.91 Å². The van der Waals surface area contributed by atoms with Gasteiger partial charge in [0, 0.05) is 30.7 Å². The molecule has 0 saturated carbocycles. The van der Waals surface area contributed by atoms with Crippen LogP contribution in [0.15, 0.2) is 48.5 Å². The molecule has 0 atom stereocenters. The summed E-state index contributed by atoms with van der Waals surface area (Å²) in [5.41, 5.74) is 2.45. The van der Waals surface area contributed by atoms with Crippen LogP contribution in [-0.2, 0) is 25.1 Å². The monoisotopic (exact) mass is 416 g/mol. The normalized spacial score (nSPS) is 13.9. The molecule has 29 heavy (non-hydrogen) atoms. The summed E-state index contributed by atoms with van der Waals surface area (Å²) in [7, 11) is -3.21. The van der Waals surface area contributed by atoms with E-state index in [1.54, 1.807) is 12.1 Å². The highest BCUT2D eigenvalue weighted by Crippen LogP contribution is 2.22. The van der Waals surface area contributed by atoms with Crippen molar-refractivity contribution in [1.29, 1.82) is 0 Å². The van der Waals surface area contributed by atoms with Crippen molar-refractivity contribution in [2.24, 2.45) is 0 Å². The molecule has 8 heteroatoms. The molecule has 1 saturated heterocycles. The van der Waals surface area contributed by atoms with Crippen LogP contribution in [0.5, 0.6) is 0 Å². The topological polar surface area (TPSA) is 92.8 Å². The third-order valence-corrected chi connectivity index (χ3v) is 5.41. The number of ether oxygens (including phenoxy) is 1. The Labute approximate surface area is 170 Å². The van der Waals surface area contributed by atoms with Crippen LogP contribution in [-0.4, -0.2) is 46.2 Å². The fraction of sp³-hybridized carbons (Fsp3) is 0.333. The lowest BCUT2D eigenvalue weighted by Crippen LogP contribution is -2.21. The highest BCUT2D eigenvalue weighted by atomic mass is 32.2. The predicted octanol–water partition coefficient (Wildman–Crippen LogP) is 2.63. The van der Waals surface area contributed by atoms with Crippen molar-refractivity contribution < 1.29 is 22.7 Å². The van der Waals surface area contributed by atoms with Crippen LogP contribution >= 0.6 is 0 Å². The van der Waals surface area contributed by atoms with E-state index in [1.807, 2.05) is 24.3 Å². The van der Waals surface area contributed by atoms with Crippen molar-refractivity contribution in [2.75, 3.05) is 36.2 Å². The Morgan fingerprint density at radius 2 is 1.76 bits per heavy atom. The quantitative estimate of drug-likeness (QED) is 0.698. The first-order valence-electron chi connectivity index (χ1n) is 9.39. The molecule has 0 spiro atoms. The molecular weight excluding hydrogens is 392 g/mol. The molecule has 1 amide bonds. The van der Waals surface area contributed by atoms with Gasteiger partial charge in [-0.1, -0.05) is 12.1 Å². The third-order valence-electron chi connectivity index (χ3n) is 4.55. The summed E-state index contributed by atoms with van der Waals surface area (Å²) in [6.07, 6.45) is 3.52. The summed E-state index contributed by atoms with van der Waals surface area (Å²) in [5.74, 6) is -1.29. The second-order valence-electron chi connectivity index (χ2n) is 7.14. The van der Waals surface area contributed by atoms with Gasteiger partial charge < -0.3 is 15.0 Å². The van der Waals surface area contributed by atoms with E-state index in [9.17, 15) is 18.0 Å². The maximum atomic E-state index is 12.2. The fourth-order valence-corrected chi connectivity index (χ4v) is 4.02. The molecule has 2 aromatic carbocycles. The molecule has 7 nitrogen and oxygen atoms in total. The average molecular weight is 416 g/mol. The maximum absolute atomic E-state index is 12.2. The van der Waals surface area contributed by atoms with Crippen LogP contribution in [0.3, 0.4) is 0 Å². The van der Waals surface area contributed by atoms with E-state index in [0.717, 1.165) is 25.0 Å². The number of hydrogen-bond donors (Lipinski definition) is 1. The molecule has 0 aromatic heterocycles. The number of hydrogen-bond acceptors (Lipinski definition) is 6. The van der Waals surface area contributed by atoms with Crippen molar-refractivity contribution in [2.45, 2.75) is 18.6 Å². The van der Waals surface area contributed by atoms with Gasteiger partial charge in [0.2, 0.25) is 0 Å². The third kappa shape index (κ3) is 6.32. The van der Waals surface area contributed by atoms with Crippen LogP contribution in [0.2, 0.25) is 0 Å². The van der Waals surface area contributed by atoms with Gasteiger partial charge in [-0.25, -0.2) is 13.2 Å². The minimum Gasteiger partial charge on any atom is -0.452 e. The zero-order chi connectivity index (χ0) is 20.9. The Morgan fingerprint density at radius 3 is 2.41 bits per heavy atom. The Balaban J connectivity index is 1.51. The van der Waals surface area contributed by atoms with E-state index in [4.69, 9.17) is 4.74 Å². The van der Waals surface area contributed by atoms with Gasteiger partial charge in [0.1, 0.15) is 0 Å². The summed E-state index contributed by atoms with van der Waals surface area (Å²) < 4.78 is 27.8. The highest BCUT2D eigenvalue weighted by Gasteiger charge is 2.14. The number of anilines is 2. The summed E-state index contributed by atoms with van der Waals surface area (Å²) >= 11 is 0. The Bertz CT molecular complexity index is 980. The molecular formula is C21H24N2O5S. The number of amides is 1. The number of benzene rings is 2. The number of rotatable bonds is 7. The Hall–Kier alpha value is -2.87. The maximum Gasteiger partial charge on any atom is 0.338 e. The lowest BCUT2D eigenvalue weighted by molar-refractivity contribution is -0.119. The van der Waals surface area contributed by atoms with Crippen LogP contribution in [0.1, 0.15) is 28.8 Å². The average Bonchev–Trinajstić information content (AvgIpc) is 3.20. The predicted molar refractivity (Wildman–Crippen MR) is 112 cm³/mol. The number of carbonyl (C=O) groups is 2. The fourth-order valence-electron chi connectivity index (χ4n) is 3.23. The molecule has 0 bridgehead atoms. The minimum atomic E-state index is -3.21. The molecule has 3 rings (SSSR count). The van der Waals surface area contributed by atoms with Crippen LogP contribution < -0.4 is 10.2 Å². The van der Waals surface area contributed by atoms with E-state index >= 15 is 0 Å². The van der Waals surface area contributed by atoms with Crippen LogP contribution in [0.25, 0.3) is 0 Å². The summed E-state index contributed by atoms with van der Waals surface area (Å²) in [4.78, 5) is 26.5. The summed E-state index contributed by atoms with van der Waals surface area (Å²) in [6.45, 7) is 1.67. The highest BCUT2D eigenvalue weighted by molar-refractivity contribution is 7.89. The zero-order valence-electron chi connectivity index (χ0n) is 16.3. The molecule has 1 heterocycles. The molecule has 2 aromatic rings. The molecule has 1 N–H and O–H groups in total. The van der Waals surface area contributed by atoms with Crippen LogP contribution in [0.4, 0.5) is 11.4 Å². The number of carbonyl (C=O) groups excluding carboxylic acids is 2. The van der Waals surface area contributed by atoms with E-state index in [2.05, 4.69) is 10.2 Å². The van der Waals surface area contributed by atoms with Crippen molar-refractivity contribution >= 4 is 33.1 Å². The lowest BCUT2D eigenvalue weighted by atomic mass is 10.1. The molecule has 0 aliphatic carbocycles. The van der Waals surface area contributed by atoms with Gasteiger partial charge in [0.05, 0.1) is 11.3 Å². The van der Waals surface area contributed by atoms with E-state index in [-0.39, 0.29) is 11.3 Å². The van der Waals surface area contributed by atoms with Gasteiger partial charge in [-0.2, -0.15) is 0 Å². The standard InChI is InChI=1S/C21H24N2O5S/c1-29(26,27)15-16-5-4-6-17(13-16)21(25)28-14-20(24)22-18-7-9-19(10-8-18)23-11-2-3-12-23/h4-10,13H,2-3,11-12,14-15H2,1H3,(H,22,24). The molecule has 0 radical (unpaired) electrons. The largest absolute Gasteiger partial charge is 0.452 e. The summed E-state index contributed by atoms with van der Waals surface area (Å²) in [6, 6.07) is 13.7. The number of esters is 1. The Morgan fingerprint density at radius 1 is 1.07 bits per heavy atom. The number of sulfone groups is 1. The molecule has 1 aliphatic rings. The van der Waals surface area contributed by atoms with E-state index < -0.39 is 28.3 Å².